The van der Waals surface area contributed by atoms with Gasteiger partial charge in [-0.15, -0.1) is 0 Å². The van der Waals surface area contributed by atoms with Gasteiger partial charge in [-0.3, -0.25) is 9.10 Å². The summed E-state index contributed by atoms with van der Waals surface area (Å²) < 4.78 is 27.5. The van der Waals surface area contributed by atoms with Crippen molar-refractivity contribution >= 4 is 39.4 Å². The maximum atomic E-state index is 13.2. The van der Waals surface area contributed by atoms with Crippen LogP contribution in [0.25, 0.3) is 0 Å². The molecule has 9 heteroatoms. The van der Waals surface area contributed by atoms with Crippen LogP contribution in [0.5, 0.6) is 5.75 Å². The van der Waals surface area contributed by atoms with E-state index in [9.17, 15) is 18.3 Å². The lowest BCUT2D eigenvalue weighted by Gasteiger charge is -2.23. The molecule has 160 valence electrons. The first-order valence-corrected chi connectivity index (χ1v) is 11.0. The summed E-state index contributed by atoms with van der Waals surface area (Å²) in [5.41, 5.74) is 3.99. The van der Waals surface area contributed by atoms with Crippen LogP contribution in [-0.4, -0.2) is 32.2 Å². The summed E-state index contributed by atoms with van der Waals surface area (Å²) in [4.78, 5) is 12.5. The number of hydrogen-bond acceptors (Lipinski definition) is 5. The molecule has 3 rings (SSSR count). The van der Waals surface area contributed by atoms with Crippen LogP contribution in [0.1, 0.15) is 11.1 Å². The first-order chi connectivity index (χ1) is 14.8. The van der Waals surface area contributed by atoms with E-state index in [4.69, 9.17) is 11.6 Å². The molecular weight excluding hydrogens is 438 g/mol. The number of aryl methyl sites for hydroxylation is 1. The summed E-state index contributed by atoms with van der Waals surface area (Å²) in [6.45, 7) is 1.38. The van der Waals surface area contributed by atoms with E-state index < -0.39 is 22.5 Å². The van der Waals surface area contributed by atoms with Gasteiger partial charge in [0.1, 0.15) is 12.3 Å². The highest BCUT2D eigenvalue weighted by Crippen LogP contribution is 2.25. The fourth-order valence-corrected chi connectivity index (χ4v) is 4.24. The van der Waals surface area contributed by atoms with E-state index >= 15 is 0 Å². The number of rotatable bonds is 7. The Morgan fingerprint density at radius 1 is 1.06 bits per heavy atom. The number of nitrogens with zero attached hydrogens (tertiary/aromatic N) is 2. The summed E-state index contributed by atoms with van der Waals surface area (Å²) in [6, 6.07) is 18.9. The molecule has 0 saturated heterocycles. The van der Waals surface area contributed by atoms with E-state index in [1.54, 1.807) is 42.5 Å². The monoisotopic (exact) mass is 457 g/mol. The second kappa shape index (κ2) is 9.63. The number of phenols is 1. The van der Waals surface area contributed by atoms with Crippen molar-refractivity contribution in [3.8, 4) is 5.75 Å². The zero-order valence-corrected chi connectivity index (χ0v) is 18.1. The van der Waals surface area contributed by atoms with Crippen molar-refractivity contribution in [2.45, 2.75) is 11.8 Å². The molecule has 0 aromatic heterocycles. The minimum Gasteiger partial charge on any atom is -0.507 e. The second-order valence-electron chi connectivity index (χ2n) is 6.65. The van der Waals surface area contributed by atoms with Gasteiger partial charge in [-0.05, 0) is 55.5 Å². The quantitative estimate of drug-likeness (QED) is 0.417. The molecule has 7 nitrogen and oxygen atoms in total. The molecule has 3 aromatic carbocycles. The van der Waals surface area contributed by atoms with Gasteiger partial charge in [0.15, 0.2) is 0 Å². The lowest BCUT2D eigenvalue weighted by Crippen LogP contribution is -2.39. The molecule has 0 aliphatic heterocycles. The van der Waals surface area contributed by atoms with Crippen molar-refractivity contribution < 1.29 is 18.3 Å². The number of phenolic OH excluding ortho intramolecular Hbond substituents is 1. The molecule has 1 amide bonds. The minimum atomic E-state index is -4.04. The molecule has 2 N–H and O–H groups in total. The number of amides is 1. The average Bonchev–Trinajstić information content (AvgIpc) is 2.74. The fourth-order valence-electron chi connectivity index (χ4n) is 2.70. The van der Waals surface area contributed by atoms with E-state index in [0.717, 1.165) is 9.87 Å². The van der Waals surface area contributed by atoms with Crippen LogP contribution < -0.4 is 9.73 Å². The van der Waals surface area contributed by atoms with Gasteiger partial charge in [0.2, 0.25) is 0 Å². The van der Waals surface area contributed by atoms with E-state index in [1.807, 2.05) is 6.92 Å². The smallest absolute Gasteiger partial charge is 0.264 e. The van der Waals surface area contributed by atoms with Crippen LogP contribution in [0.2, 0.25) is 5.02 Å². The van der Waals surface area contributed by atoms with Crippen LogP contribution in [0.3, 0.4) is 0 Å². The number of benzene rings is 3. The lowest BCUT2D eigenvalue weighted by atomic mass is 10.2. The summed E-state index contributed by atoms with van der Waals surface area (Å²) >= 11 is 5.87. The number of aromatic hydroxyl groups is 1. The summed E-state index contributed by atoms with van der Waals surface area (Å²) in [5, 5.41) is 13.9. The van der Waals surface area contributed by atoms with Crippen molar-refractivity contribution in [3.63, 3.8) is 0 Å². The first-order valence-electron chi connectivity index (χ1n) is 9.22. The Morgan fingerprint density at radius 2 is 1.71 bits per heavy atom. The Labute approximate surface area is 185 Å². The van der Waals surface area contributed by atoms with Gasteiger partial charge in [-0.1, -0.05) is 41.4 Å². The number of nitrogens with one attached hydrogen (secondary N) is 1. The van der Waals surface area contributed by atoms with Crippen molar-refractivity contribution in [3.05, 3.63) is 88.9 Å². The van der Waals surface area contributed by atoms with Crippen LogP contribution in [-0.2, 0) is 14.8 Å². The highest BCUT2D eigenvalue weighted by atomic mass is 35.5. The molecule has 31 heavy (non-hydrogen) atoms. The maximum absolute atomic E-state index is 13.2. The van der Waals surface area contributed by atoms with E-state index in [-0.39, 0.29) is 10.6 Å². The number of hydrazone groups is 1. The van der Waals surface area contributed by atoms with Gasteiger partial charge < -0.3 is 5.11 Å². The minimum absolute atomic E-state index is 0.00276. The molecule has 0 unspecified atom stereocenters. The molecule has 0 atom stereocenters. The van der Waals surface area contributed by atoms with E-state index in [0.29, 0.717) is 16.3 Å². The fraction of sp³-hybridized carbons (Fsp3) is 0.0909. The first kappa shape index (κ1) is 22.3. The number of anilines is 1. The lowest BCUT2D eigenvalue weighted by molar-refractivity contribution is -0.119. The topological polar surface area (TPSA) is 99.1 Å². The van der Waals surface area contributed by atoms with Crippen LogP contribution >= 0.6 is 11.6 Å². The molecule has 0 bridgehead atoms. The number of para-hydroxylation sites is 1. The second-order valence-corrected chi connectivity index (χ2v) is 8.95. The standard InChI is InChI=1S/C22H20ClN3O4S/c1-16-6-10-19(11-7-16)26(31(29,30)20-12-8-18(23)9-13-20)15-22(28)25-24-14-17-4-2-3-5-21(17)27/h2-14,27H,15H2,1H3,(H,25,28)/b24-14-. The Morgan fingerprint density at radius 3 is 2.35 bits per heavy atom. The van der Waals surface area contributed by atoms with Gasteiger partial charge in [0.05, 0.1) is 16.8 Å². The maximum Gasteiger partial charge on any atom is 0.264 e. The van der Waals surface area contributed by atoms with Gasteiger partial charge in [-0.2, -0.15) is 5.10 Å². The van der Waals surface area contributed by atoms with Gasteiger partial charge in [-0.25, -0.2) is 13.8 Å². The molecular formula is C22H20ClN3O4S. The van der Waals surface area contributed by atoms with Crippen molar-refractivity contribution in [2.24, 2.45) is 5.10 Å². The Balaban J connectivity index is 1.84. The highest BCUT2D eigenvalue weighted by molar-refractivity contribution is 7.92. The number of carbonyl (C=O) groups is 1. The average molecular weight is 458 g/mol. The molecule has 0 heterocycles. The zero-order valence-electron chi connectivity index (χ0n) is 16.6. The van der Waals surface area contributed by atoms with Crippen molar-refractivity contribution in [1.29, 1.82) is 0 Å². The Hall–Kier alpha value is -3.36. The number of hydrogen-bond donors (Lipinski definition) is 2. The molecule has 0 radical (unpaired) electrons. The van der Waals surface area contributed by atoms with Crippen LogP contribution in [0, 0.1) is 6.92 Å². The third-order valence-electron chi connectivity index (χ3n) is 4.34. The van der Waals surface area contributed by atoms with Crippen LogP contribution in [0.15, 0.2) is 82.8 Å². The van der Waals surface area contributed by atoms with Crippen molar-refractivity contribution in [1.82, 2.24) is 5.43 Å². The van der Waals surface area contributed by atoms with Gasteiger partial charge >= 0.3 is 0 Å². The largest absolute Gasteiger partial charge is 0.507 e. The SMILES string of the molecule is Cc1ccc(N(CC(=O)N/N=C\c2ccccc2O)S(=O)(=O)c2ccc(Cl)cc2)cc1. The van der Waals surface area contributed by atoms with Gasteiger partial charge in [0.25, 0.3) is 15.9 Å². The molecule has 0 aliphatic rings. The number of halogens is 1. The normalized spacial score (nSPS) is 11.4. The third-order valence-corrected chi connectivity index (χ3v) is 6.38. The van der Waals surface area contributed by atoms with Crippen LogP contribution in [0.4, 0.5) is 5.69 Å². The Kier molecular flexibility index (Phi) is 6.94. The van der Waals surface area contributed by atoms with Crippen molar-refractivity contribution in [2.75, 3.05) is 10.8 Å². The summed E-state index contributed by atoms with van der Waals surface area (Å²) in [7, 11) is -4.04. The van der Waals surface area contributed by atoms with Gasteiger partial charge in [0, 0.05) is 10.6 Å². The zero-order chi connectivity index (χ0) is 22.4. The highest BCUT2D eigenvalue weighted by Gasteiger charge is 2.27. The predicted octanol–water partition coefficient (Wildman–Crippen LogP) is 3.70. The van der Waals surface area contributed by atoms with E-state index in [1.165, 1.54) is 36.5 Å². The predicted molar refractivity (Wildman–Crippen MR) is 121 cm³/mol. The number of sulfonamides is 1. The Bertz CT molecular complexity index is 1190. The molecule has 0 fully saturated rings. The molecule has 0 spiro atoms. The molecule has 0 aliphatic carbocycles. The third kappa shape index (κ3) is 5.62. The molecule has 0 saturated carbocycles. The summed E-state index contributed by atoms with van der Waals surface area (Å²) in [6.07, 6.45) is 1.27. The molecule has 3 aromatic rings. The van der Waals surface area contributed by atoms with E-state index in [2.05, 4.69) is 10.5 Å². The summed E-state index contributed by atoms with van der Waals surface area (Å²) in [5.74, 6) is -0.642. The number of carbonyl (C=O) groups excluding carboxylic acids is 1.